The van der Waals surface area contributed by atoms with Crippen molar-refractivity contribution >= 4 is 23.5 Å². The number of benzene rings is 2. The molecule has 2 unspecified atom stereocenters. The van der Waals surface area contributed by atoms with Gasteiger partial charge in [-0.25, -0.2) is 9.59 Å². The summed E-state index contributed by atoms with van der Waals surface area (Å²) >= 11 is 6.04. The molecule has 41 heavy (non-hydrogen) atoms. The second-order valence-electron chi connectivity index (χ2n) is 10.3. The number of hydrogen-bond donors (Lipinski definition) is 2. The average molecular weight is 594 g/mol. The van der Waals surface area contributed by atoms with Crippen LogP contribution in [0.1, 0.15) is 51.8 Å². The quantitative estimate of drug-likeness (QED) is 0.168. The molecule has 2 atom stereocenters. The molecule has 0 saturated heterocycles. The minimum atomic E-state index is -2.46. The molecule has 0 bridgehead atoms. The Morgan fingerprint density at radius 1 is 0.902 bits per heavy atom. The van der Waals surface area contributed by atoms with Crippen molar-refractivity contribution in [3.05, 3.63) is 58.6 Å². The van der Waals surface area contributed by atoms with Crippen LogP contribution in [0, 0.1) is 0 Å². The third-order valence-electron chi connectivity index (χ3n) is 6.05. The summed E-state index contributed by atoms with van der Waals surface area (Å²) in [7, 11) is 0. The van der Waals surface area contributed by atoms with Gasteiger partial charge in [0.1, 0.15) is 13.2 Å². The first-order chi connectivity index (χ1) is 19.5. The molecule has 1 aliphatic rings. The zero-order chi connectivity index (χ0) is 30.0. The number of rotatable bonds is 16. The largest absolute Gasteiger partial charge is 0.457 e. The van der Waals surface area contributed by atoms with Gasteiger partial charge >= 0.3 is 17.7 Å². The van der Waals surface area contributed by atoms with Crippen LogP contribution >= 0.6 is 11.6 Å². The van der Waals surface area contributed by atoms with Gasteiger partial charge in [0.2, 0.25) is 0 Å². The van der Waals surface area contributed by atoms with Crippen molar-refractivity contribution in [3.63, 3.8) is 0 Å². The van der Waals surface area contributed by atoms with E-state index in [9.17, 15) is 14.7 Å². The van der Waals surface area contributed by atoms with Gasteiger partial charge in [0.05, 0.1) is 31.5 Å². The van der Waals surface area contributed by atoms with Crippen molar-refractivity contribution in [1.29, 1.82) is 0 Å². The molecule has 0 radical (unpaired) electrons. The topological polar surface area (TPSA) is 122 Å². The minimum absolute atomic E-state index is 0.0541. The van der Waals surface area contributed by atoms with E-state index in [2.05, 4.69) is 5.32 Å². The summed E-state index contributed by atoms with van der Waals surface area (Å²) < 4.78 is 33.3. The molecule has 0 aliphatic carbocycles. The first-order valence-corrected chi connectivity index (χ1v) is 14.1. The highest BCUT2D eigenvalue weighted by atomic mass is 35.5. The lowest BCUT2D eigenvalue weighted by molar-refractivity contribution is -0.204. The highest BCUT2D eigenvalue weighted by Crippen LogP contribution is 2.43. The molecule has 0 saturated carbocycles. The molecule has 2 aromatic rings. The maximum atomic E-state index is 13.2. The number of fused-ring (bicyclic) bond motifs is 1. The Morgan fingerprint density at radius 3 is 2.10 bits per heavy atom. The predicted molar refractivity (Wildman–Crippen MR) is 152 cm³/mol. The van der Waals surface area contributed by atoms with E-state index >= 15 is 0 Å². The van der Waals surface area contributed by atoms with E-state index in [1.165, 1.54) is 0 Å². The smallest absolute Gasteiger partial charge is 0.453 e. The molecule has 0 fully saturated rings. The third-order valence-corrected chi connectivity index (χ3v) is 6.29. The van der Waals surface area contributed by atoms with Crippen LogP contribution in [0.5, 0.6) is 11.5 Å². The number of aliphatic hydroxyl groups is 1. The van der Waals surface area contributed by atoms with E-state index in [1.807, 2.05) is 40.7 Å². The first-order valence-electron chi connectivity index (χ1n) is 13.8. The second-order valence-corrected chi connectivity index (χ2v) is 10.7. The van der Waals surface area contributed by atoms with Crippen LogP contribution in [0.3, 0.4) is 0 Å². The molecule has 0 amide bonds. The number of nitrogens with one attached hydrogen (secondary N) is 1. The molecular weight excluding hydrogens is 554 g/mol. The van der Waals surface area contributed by atoms with E-state index in [-0.39, 0.29) is 62.7 Å². The maximum Gasteiger partial charge on any atom is 0.453 e. The number of carbonyl (C=O) groups is 2. The standard InChI is InChI=1S/C30H40ClNO9/c1-19(2)36-12-14-38-28(34)30(29(35)39-15-13-37-20(3)4)40-26-11-7-9-23(27(26)41-30)16-21(5)32-18-25(33)22-8-6-10-24(31)17-22/h6-11,17,19-21,25,32-33H,12-16,18H2,1-5H3. The molecule has 1 aliphatic heterocycles. The lowest BCUT2D eigenvalue weighted by atomic mass is 10.0. The van der Waals surface area contributed by atoms with Gasteiger partial charge in [0, 0.05) is 17.6 Å². The van der Waals surface area contributed by atoms with Crippen LogP contribution in [-0.2, 0) is 35.0 Å². The van der Waals surface area contributed by atoms with Gasteiger partial charge < -0.3 is 38.8 Å². The number of para-hydroxylation sites is 1. The van der Waals surface area contributed by atoms with E-state index < -0.39 is 23.8 Å². The van der Waals surface area contributed by atoms with Crippen LogP contribution < -0.4 is 14.8 Å². The second kappa shape index (κ2) is 15.4. The van der Waals surface area contributed by atoms with Gasteiger partial charge in [-0.15, -0.1) is 0 Å². The summed E-state index contributed by atoms with van der Waals surface area (Å²) in [4.78, 5) is 26.4. The summed E-state index contributed by atoms with van der Waals surface area (Å²) in [5.74, 6) is -4.11. The summed E-state index contributed by atoms with van der Waals surface area (Å²) in [5, 5.41) is 14.4. The molecule has 0 aromatic heterocycles. The fourth-order valence-corrected chi connectivity index (χ4v) is 4.26. The summed E-state index contributed by atoms with van der Waals surface area (Å²) in [6.07, 6.45) is -0.420. The lowest BCUT2D eigenvalue weighted by Crippen LogP contribution is -2.56. The average Bonchev–Trinajstić information content (AvgIpc) is 3.34. The molecule has 3 rings (SSSR count). The predicted octanol–water partition coefficient (Wildman–Crippen LogP) is 4.00. The highest BCUT2D eigenvalue weighted by Gasteiger charge is 2.60. The third kappa shape index (κ3) is 9.31. The Morgan fingerprint density at radius 2 is 1.51 bits per heavy atom. The Bertz CT molecular complexity index is 1130. The normalized spacial score (nSPS) is 15.1. The zero-order valence-corrected chi connectivity index (χ0v) is 24.9. The van der Waals surface area contributed by atoms with Crippen molar-refractivity contribution in [3.8, 4) is 11.5 Å². The number of ether oxygens (including phenoxy) is 6. The number of halogens is 1. The minimum Gasteiger partial charge on any atom is -0.457 e. The monoisotopic (exact) mass is 593 g/mol. The van der Waals surface area contributed by atoms with Crippen LogP contribution in [0.2, 0.25) is 5.02 Å². The summed E-state index contributed by atoms with van der Waals surface area (Å²) in [6, 6.07) is 12.1. The van der Waals surface area contributed by atoms with E-state index in [1.54, 1.807) is 36.4 Å². The molecule has 1 heterocycles. The van der Waals surface area contributed by atoms with Crippen molar-refractivity contribution in [2.75, 3.05) is 33.0 Å². The molecule has 2 N–H and O–H groups in total. The summed E-state index contributed by atoms with van der Waals surface area (Å²) in [5.41, 5.74) is 1.39. The van der Waals surface area contributed by atoms with Gasteiger partial charge in [-0.2, -0.15) is 0 Å². The van der Waals surface area contributed by atoms with E-state index in [4.69, 9.17) is 40.0 Å². The maximum absolute atomic E-state index is 13.2. The van der Waals surface area contributed by atoms with Crippen molar-refractivity contribution in [1.82, 2.24) is 5.32 Å². The molecule has 10 nitrogen and oxygen atoms in total. The molecule has 0 spiro atoms. The zero-order valence-electron chi connectivity index (χ0n) is 24.2. The Balaban J connectivity index is 1.70. The van der Waals surface area contributed by atoms with Gasteiger partial charge in [-0.1, -0.05) is 35.9 Å². The van der Waals surface area contributed by atoms with Crippen LogP contribution in [-0.4, -0.2) is 74.1 Å². The van der Waals surface area contributed by atoms with E-state index in [0.29, 0.717) is 22.6 Å². The fourth-order valence-electron chi connectivity index (χ4n) is 4.06. The van der Waals surface area contributed by atoms with Crippen molar-refractivity contribution < 1.29 is 43.1 Å². The van der Waals surface area contributed by atoms with Gasteiger partial charge in [-0.3, -0.25) is 0 Å². The van der Waals surface area contributed by atoms with E-state index in [0.717, 1.165) is 0 Å². The first kappa shape index (κ1) is 32.6. The number of esters is 2. The Labute approximate surface area is 246 Å². The molecule has 226 valence electrons. The lowest BCUT2D eigenvalue weighted by Gasteiger charge is -2.24. The van der Waals surface area contributed by atoms with Gasteiger partial charge in [-0.05, 0) is 70.4 Å². The number of aliphatic hydroxyl groups excluding tert-OH is 1. The molecular formula is C30H40ClNO9. The van der Waals surface area contributed by atoms with Gasteiger partial charge in [0.25, 0.3) is 0 Å². The Hall–Kier alpha value is -2.89. The molecule has 2 aromatic carbocycles. The van der Waals surface area contributed by atoms with Crippen LogP contribution in [0.15, 0.2) is 42.5 Å². The number of carbonyl (C=O) groups excluding carboxylic acids is 2. The summed E-state index contributed by atoms with van der Waals surface area (Å²) in [6.45, 7) is 9.72. The van der Waals surface area contributed by atoms with Crippen LogP contribution in [0.25, 0.3) is 0 Å². The fraction of sp³-hybridized carbons (Fsp3) is 0.533. The van der Waals surface area contributed by atoms with Crippen molar-refractivity contribution in [2.24, 2.45) is 0 Å². The molecule has 11 heteroatoms. The van der Waals surface area contributed by atoms with Gasteiger partial charge in [0.15, 0.2) is 11.5 Å². The number of hydrogen-bond acceptors (Lipinski definition) is 10. The SMILES string of the molecule is CC(Cc1cccc2c1OC(C(=O)OCCOC(C)C)(C(=O)OCCOC(C)C)O2)NCC(O)c1cccc(Cl)c1. The van der Waals surface area contributed by atoms with Crippen molar-refractivity contribution in [2.45, 2.75) is 71.2 Å². The van der Waals surface area contributed by atoms with Crippen LogP contribution in [0.4, 0.5) is 0 Å². The Kier molecular flexibility index (Phi) is 12.2. The highest BCUT2D eigenvalue weighted by molar-refractivity contribution is 6.30.